The molecule has 1 saturated carbocycles. The number of hydrogen-bond donors (Lipinski definition) is 2. The quantitative estimate of drug-likeness (QED) is 0.656. The van der Waals surface area contributed by atoms with Gasteiger partial charge in [-0.25, -0.2) is 0 Å². The molecule has 1 fully saturated rings. The molecule has 0 aromatic rings. The number of aliphatic carboxylic acids is 1. The van der Waals surface area contributed by atoms with Crippen molar-refractivity contribution in [2.24, 2.45) is 5.73 Å². The molecule has 12 heavy (non-hydrogen) atoms. The van der Waals surface area contributed by atoms with Gasteiger partial charge in [0.25, 0.3) is 0 Å². The van der Waals surface area contributed by atoms with Gasteiger partial charge in [-0.2, -0.15) is 0 Å². The zero-order valence-electron chi connectivity index (χ0n) is 7.03. The van der Waals surface area contributed by atoms with Crippen LogP contribution in [-0.4, -0.2) is 21.7 Å². The van der Waals surface area contributed by atoms with E-state index >= 15 is 0 Å². The molecule has 1 rings (SSSR count). The van der Waals surface area contributed by atoms with Crippen LogP contribution < -0.4 is 5.73 Å². The van der Waals surface area contributed by atoms with E-state index in [0.717, 1.165) is 0 Å². The predicted molar refractivity (Wildman–Crippen MR) is 50.1 cm³/mol. The molecular formula is C8H15NO2S. The fraction of sp³-hybridized carbons (Fsp3) is 0.875. The lowest BCUT2D eigenvalue weighted by Gasteiger charge is -2.13. The van der Waals surface area contributed by atoms with E-state index in [1.807, 2.05) is 0 Å². The summed E-state index contributed by atoms with van der Waals surface area (Å²) in [6, 6.07) is 0. The number of carboxylic acid groups (broad SMARTS) is 1. The lowest BCUT2D eigenvalue weighted by atomic mass is 10.4. The van der Waals surface area contributed by atoms with Gasteiger partial charge in [-0.15, -0.1) is 11.8 Å². The highest BCUT2D eigenvalue weighted by molar-refractivity contribution is 8.00. The highest BCUT2D eigenvalue weighted by atomic mass is 32.2. The van der Waals surface area contributed by atoms with E-state index in [-0.39, 0.29) is 11.8 Å². The molecule has 4 heteroatoms. The molecule has 0 amide bonds. The molecule has 0 heterocycles. The molecule has 0 bridgehead atoms. The monoisotopic (exact) mass is 189 g/mol. The third-order valence-electron chi connectivity index (χ3n) is 2.05. The van der Waals surface area contributed by atoms with E-state index in [4.69, 9.17) is 10.8 Å². The molecule has 3 N–H and O–H groups in total. The van der Waals surface area contributed by atoms with Gasteiger partial charge in [0.05, 0.1) is 11.8 Å². The van der Waals surface area contributed by atoms with Gasteiger partial charge in [0.2, 0.25) is 0 Å². The van der Waals surface area contributed by atoms with Crippen molar-refractivity contribution in [1.82, 2.24) is 0 Å². The van der Waals surface area contributed by atoms with Crippen LogP contribution in [0.3, 0.4) is 0 Å². The molecule has 1 atom stereocenters. The molecule has 0 radical (unpaired) electrons. The first kappa shape index (κ1) is 9.86. The topological polar surface area (TPSA) is 63.3 Å². The summed E-state index contributed by atoms with van der Waals surface area (Å²) >= 11 is 1.63. The second kappa shape index (κ2) is 4.72. The average molecular weight is 189 g/mol. The van der Waals surface area contributed by atoms with Crippen LogP contribution in [0.25, 0.3) is 0 Å². The van der Waals surface area contributed by atoms with Crippen molar-refractivity contribution < 1.29 is 9.90 Å². The molecule has 0 aliphatic heterocycles. The molecule has 0 aromatic carbocycles. The fourth-order valence-electron chi connectivity index (χ4n) is 1.49. The number of carboxylic acids is 1. The van der Waals surface area contributed by atoms with Gasteiger partial charge in [0.1, 0.15) is 0 Å². The Bertz CT molecular complexity index is 157. The van der Waals surface area contributed by atoms with Crippen LogP contribution in [0.15, 0.2) is 0 Å². The molecular weight excluding hydrogens is 174 g/mol. The van der Waals surface area contributed by atoms with E-state index in [2.05, 4.69) is 0 Å². The van der Waals surface area contributed by atoms with Crippen LogP contribution in [0.1, 0.15) is 32.1 Å². The maximum absolute atomic E-state index is 10.3. The van der Waals surface area contributed by atoms with Crippen LogP contribution in [0, 0.1) is 0 Å². The maximum atomic E-state index is 10.3. The normalized spacial score (nSPS) is 21.1. The average Bonchev–Trinajstić information content (AvgIpc) is 2.37. The Hall–Kier alpha value is -0.220. The van der Waals surface area contributed by atoms with Crippen LogP contribution in [-0.2, 0) is 4.79 Å². The van der Waals surface area contributed by atoms with Crippen LogP contribution >= 0.6 is 11.8 Å². The van der Waals surface area contributed by atoms with Gasteiger partial charge in [-0.05, 0) is 12.8 Å². The molecule has 70 valence electrons. The minimum Gasteiger partial charge on any atom is -0.481 e. The van der Waals surface area contributed by atoms with E-state index in [0.29, 0.717) is 5.25 Å². The largest absolute Gasteiger partial charge is 0.481 e. The number of nitrogens with two attached hydrogens (primary N) is 1. The number of carbonyl (C=O) groups is 1. The lowest BCUT2D eigenvalue weighted by Crippen LogP contribution is -2.22. The Kier molecular flexibility index (Phi) is 3.88. The van der Waals surface area contributed by atoms with Gasteiger partial charge < -0.3 is 10.8 Å². The molecule has 0 aromatic heterocycles. The van der Waals surface area contributed by atoms with Crippen molar-refractivity contribution in [3.8, 4) is 0 Å². The van der Waals surface area contributed by atoms with Crippen molar-refractivity contribution in [2.75, 3.05) is 0 Å². The minimum atomic E-state index is -0.798. The molecule has 0 spiro atoms. The summed E-state index contributed by atoms with van der Waals surface area (Å²) in [6.45, 7) is 0. The number of hydrogen-bond acceptors (Lipinski definition) is 3. The Morgan fingerprint density at radius 1 is 1.58 bits per heavy atom. The smallest absolute Gasteiger partial charge is 0.305 e. The van der Waals surface area contributed by atoms with Gasteiger partial charge >= 0.3 is 5.97 Å². The molecule has 1 unspecified atom stereocenters. The van der Waals surface area contributed by atoms with Crippen LogP contribution in [0.4, 0.5) is 0 Å². The van der Waals surface area contributed by atoms with Crippen molar-refractivity contribution in [2.45, 2.75) is 42.7 Å². The highest BCUT2D eigenvalue weighted by Crippen LogP contribution is 2.31. The SMILES string of the molecule is NC(CC(=O)O)SC1CCCC1. The molecule has 3 nitrogen and oxygen atoms in total. The predicted octanol–water partition coefficient (Wildman–Crippen LogP) is 1.42. The second-order valence-electron chi connectivity index (χ2n) is 3.18. The zero-order valence-corrected chi connectivity index (χ0v) is 7.85. The fourth-order valence-corrected chi connectivity index (χ4v) is 2.83. The van der Waals surface area contributed by atoms with E-state index < -0.39 is 5.97 Å². The second-order valence-corrected chi connectivity index (χ2v) is 4.72. The molecule has 1 aliphatic carbocycles. The van der Waals surface area contributed by atoms with E-state index in [9.17, 15) is 4.79 Å². The third-order valence-corrected chi connectivity index (χ3v) is 3.42. The van der Waals surface area contributed by atoms with Gasteiger partial charge in [-0.1, -0.05) is 12.8 Å². The Balaban J connectivity index is 2.16. The van der Waals surface area contributed by atoms with Crippen molar-refractivity contribution >= 4 is 17.7 Å². The number of rotatable bonds is 4. The maximum Gasteiger partial charge on any atom is 0.305 e. The lowest BCUT2D eigenvalue weighted by molar-refractivity contribution is -0.136. The number of thioether (sulfide) groups is 1. The standard InChI is InChI=1S/C8H15NO2S/c9-7(5-8(10)11)12-6-3-1-2-4-6/h6-7H,1-5,9H2,(H,10,11). The molecule has 0 saturated heterocycles. The summed E-state index contributed by atoms with van der Waals surface area (Å²) < 4.78 is 0. The minimum absolute atomic E-state index is 0.0845. The van der Waals surface area contributed by atoms with Crippen LogP contribution in [0.5, 0.6) is 0 Å². The van der Waals surface area contributed by atoms with Gasteiger partial charge in [0.15, 0.2) is 0 Å². The summed E-state index contributed by atoms with van der Waals surface area (Å²) in [4.78, 5) is 10.3. The Morgan fingerprint density at radius 3 is 2.67 bits per heavy atom. The summed E-state index contributed by atoms with van der Waals surface area (Å²) in [7, 11) is 0. The highest BCUT2D eigenvalue weighted by Gasteiger charge is 2.19. The van der Waals surface area contributed by atoms with Gasteiger partial charge in [0, 0.05) is 5.25 Å². The first-order valence-electron chi connectivity index (χ1n) is 4.31. The van der Waals surface area contributed by atoms with Crippen molar-refractivity contribution in [3.05, 3.63) is 0 Å². The first-order valence-corrected chi connectivity index (χ1v) is 5.25. The van der Waals surface area contributed by atoms with E-state index in [1.165, 1.54) is 25.7 Å². The summed E-state index contributed by atoms with van der Waals surface area (Å²) in [6.07, 6.45) is 5.05. The third kappa shape index (κ3) is 3.45. The summed E-state index contributed by atoms with van der Waals surface area (Å²) in [5.74, 6) is -0.798. The van der Waals surface area contributed by atoms with Gasteiger partial charge in [-0.3, -0.25) is 4.79 Å². The molecule has 1 aliphatic rings. The zero-order chi connectivity index (χ0) is 8.97. The first-order chi connectivity index (χ1) is 5.68. The van der Waals surface area contributed by atoms with Crippen LogP contribution in [0.2, 0.25) is 0 Å². The Labute approximate surface area is 76.7 Å². The van der Waals surface area contributed by atoms with Crippen molar-refractivity contribution in [1.29, 1.82) is 0 Å². The summed E-state index contributed by atoms with van der Waals surface area (Å²) in [5.41, 5.74) is 5.64. The summed E-state index contributed by atoms with van der Waals surface area (Å²) in [5, 5.41) is 8.86. The van der Waals surface area contributed by atoms with E-state index in [1.54, 1.807) is 11.8 Å². The Morgan fingerprint density at radius 2 is 2.17 bits per heavy atom. The van der Waals surface area contributed by atoms with Crippen molar-refractivity contribution in [3.63, 3.8) is 0 Å².